The molecular weight excluding hydrogens is 284 g/mol. The average Bonchev–Trinajstić information content (AvgIpc) is 2.97. The van der Waals surface area contributed by atoms with E-state index in [0.29, 0.717) is 5.92 Å². The molecule has 3 rings (SSSR count). The number of para-hydroxylation sites is 1. The Morgan fingerprint density at radius 3 is 2.76 bits per heavy atom. The Bertz CT molecular complexity index is 540. The van der Waals surface area contributed by atoms with Crippen molar-refractivity contribution in [1.29, 1.82) is 0 Å². The lowest BCUT2D eigenvalue weighted by atomic mass is 9.98. The van der Waals surface area contributed by atoms with Crippen LogP contribution in [0.15, 0.2) is 42.6 Å². The zero-order valence-corrected chi connectivity index (χ0v) is 13.0. The minimum absolute atomic E-state index is 0. The van der Waals surface area contributed by atoms with Crippen molar-refractivity contribution in [1.82, 2.24) is 14.7 Å². The van der Waals surface area contributed by atoms with Crippen LogP contribution in [-0.2, 0) is 6.54 Å². The van der Waals surface area contributed by atoms with E-state index >= 15 is 0 Å². The lowest BCUT2D eigenvalue weighted by molar-refractivity contribution is 0.169. The highest BCUT2D eigenvalue weighted by Crippen LogP contribution is 2.17. The summed E-state index contributed by atoms with van der Waals surface area (Å²) in [7, 11) is 0. The molecular formula is C16H23ClN4. The Kier molecular flexibility index (Phi) is 5.79. The van der Waals surface area contributed by atoms with Crippen molar-refractivity contribution in [3.05, 3.63) is 48.3 Å². The molecule has 1 fully saturated rings. The van der Waals surface area contributed by atoms with Gasteiger partial charge in [-0.15, -0.1) is 12.4 Å². The van der Waals surface area contributed by atoms with Crippen LogP contribution in [0.1, 0.15) is 18.5 Å². The summed E-state index contributed by atoms with van der Waals surface area (Å²) >= 11 is 0. The second kappa shape index (κ2) is 7.59. The number of nitrogens with zero attached hydrogens (tertiary/aromatic N) is 3. The first-order valence-corrected chi connectivity index (χ1v) is 7.37. The smallest absolute Gasteiger partial charge is 0.0769 e. The quantitative estimate of drug-likeness (QED) is 0.944. The number of aromatic nitrogens is 2. The third-order valence-corrected chi connectivity index (χ3v) is 3.99. The fourth-order valence-electron chi connectivity index (χ4n) is 2.89. The maximum Gasteiger partial charge on any atom is 0.0769 e. The third-order valence-electron chi connectivity index (χ3n) is 3.99. The van der Waals surface area contributed by atoms with E-state index in [2.05, 4.69) is 28.2 Å². The summed E-state index contributed by atoms with van der Waals surface area (Å²) in [6, 6.07) is 12.3. The van der Waals surface area contributed by atoms with E-state index in [-0.39, 0.29) is 12.4 Å². The summed E-state index contributed by atoms with van der Waals surface area (Å²) < 4.78 is 1.94. The number of rotatable bonds is 4. The van der Waals surface area contributed by atoms with Gasteiger partial charge in [0.2, 0.25) is 0 Å². The van der Waals surface area contributed by atoms with Crippen LogP contribution in [0.3, 0.4) is 0 Å². The molecule has 0 saturated carbocycles. The number of nitrogens with two attached hydrogens (primary N) is 1. The largest absolute Gasteiger partial charge is 0.330 e. The molecule has 1 aromatic carbocycles. The van der Waals surface area contributed by atoms with E-state index in [4.69, 9.17) is 5.73 Å². The molecule has 0 amide bonds. The average molecular weight is 307 g/mol. The minimum atomic E-state index is 0. The Labute approximate surface area is 132 Å². The predicted molar refractivity (Wildman–Crippen MR) is 87.9 cm³/mol. The van der Waals surface area contributed by atoms with Crippen LogP contribution in [0, 0.1) is 5.92 Å². The standard InChI is InChI=1S/C16H22N4.ClH/c17-11-14-5-4-9-19(12-14)13-15-8-10-20(18-15)16-6-2-1-3-7-16;/h1-3,6-8,10,14H,4-5,9,11-13,17H2;1H. The van der Waals surface area contributed by atoms with Crippen LogP contribution in [0.5, 0.6) is 0 Å². The van der Waals surface area contributed by atoms with Gasteiger partial charge >= 0.3 is 0 Å². The molecule has 2 aromatic rings. The van der Waals surface area contributed by atoms with Crippen LogP contribution in [-0.4, -0.2) is 34.3 Å². The van der Waals surface area contributed by atoms with Gasteiger partial charge < -0.3 is 5.73 Å². The molecule has 1 unspecified atom stereocenters. The van der Waals surface area contributed by atoms with Gasteiger partial charge in [-0.05, 0) is 50.0 Å². The van der Waals surface area contributed by atoms with Gasteiger partial charge in [-0.3, -0.25) is 4.90 Å². The zero-order valence-electron chi connectivity index (χ0n) is 12.2. The van der Waals surface area contributed by atoms with Crippen molar-refractivity contribution in [2.24, 2.45) is 11.7 Å². The van der Waals surface area contributed by atoms with Crippen LogP contribution in [0.25, 0.3) is 5.69 Å². The van der Waals surface area contributed by atoms with E-state index in [0.717, 1.165) is 37.6 Å². The van der Waals surface area contributed by atoms with Crippen molar-refractivity contribution in [3.63, 3.8) is 0 Å². The number of hydrogen-bond acceptors (Lipinski definition) is 3. The molecule has 2 N–H and O–H groups in total. The first kappa shape index (κ1) is 16.0. The molecule has 21 heavy (non-hydrogen) atoms. The summed E-state index contributed by atoms with van der Waals surface area (Å²) in [5, 5.41) is 4.67. The molecule has 5 heteroatoms. The highest BCUT2D eigenvalue weighted by Gasteiger charge is 2.19. The number of likely N-dealkylation sites (tertiary alicyclic amines) is 1. The van der Waals surface area contributed by atoms with Crippen molar-refractivity contribution in [2.75, 3.05) is 19.6 Å². The monoisotopic (exact) mass is 306 g/mol. The molecule has 4 nitrogen and oxygen atoms in total. The van der Waals surface area contributed by atoms with E-state index < -0.39 is 0 Å². The molecule has 1 aromatic heterocycles. The first-order chi connectivity index (χ1) is 9.85. The van der Waals surface area contributed by atoms with E-state index in [1.54, 1.807) is 0 Å². The maximum atomic E-state index is 5.79. The van der Waals surface area contributed by atoms with E-state index in [1.807, 2.05) is 29.1 Å². The van der Waals surface area contributed by atoms with Gasteiger partial charge in [0.1, 0.15) is 0 Å². The number of hydrogen-bond donors (Lipinski definition) is 1. The molecule has 2 heterocycles. The lowest BCUT2D eigenvalue weighted by Gasteiger charge is -2.31. The van der Waals surface area contributed by atoms with Crippen molar-refractivity contribution >= 4 is 12.4 Å². The number of benzene rings is 1. The van der Waals surface area contributed by atoms with Crippen molar-refractivity contribution in [2.45, 2.75) is 19.4 Å². The molecule has 1 aliphatic rings. The zero-order chi connectivity index (χ0) is 13.8. The highest BCUT2D eigenvalue weighted by atomic mass is 35.5. The van der Waals surface area contributed by atoms with Gasteiger partial charge in [-0.25, -0.2) is 4.68 Å². The van der Waals surface area contributed by atoms with Gasteiger partial charge in [-0.2, -0.15) is 5.10 Å². The topological polar surface area (TPSA) is 47.1 Å². The normalized spacial score (nSPS) is 19.2. The fraction of sp³-hybridized carbons (Fsp3) is 0.438. The second-order valence-electron chi connectivity index (χ2n) is 5.57. The molecule has 1 aliphatic heterocycles. The lowest BCUT2D eigenvalue weighted by Crippen LogP contribution is -2.37. The molecule has 0 spiro atoms. The Morgan fingerprint density at radius 2 is 2.00 bits per heavy atom. The Morgan fingerprint density at radius 1 is 1.19 bits per heavy atom. The summed E-state index contributed by atoms with van der Waals surface area (Å²) in [6.45, 7) is 3.99. The summed E-state index contributed by atoms with van der Waals surface area (Å²) in [6.07, 6.45) is 4.56. The van der Waals surface area contributed by atoms with Crippen LogP contribution >= 0.6 is 12.4 Å². The van der Waals surface area contributed by atoms with Gasteiger partial charge in [0.15, 0.2) is 0 Å². The maximum absolute atomic E-state index is 5.79. The van der Waals surface area contributed by atoms with Gasteiger partial charge in [0, 0.05) is 19.3 Å². The van der Waals surface area contributed by atoms with Gasteiger partial charge in [0.05, 0.1) is 11.4 Å². The predicted octanol–water partition coefficient (Wildman–Crippen LogP) is 2.46. The Balaban J connectivity index is 0.00000161. The number of halogens is 1. The third kappa shape index (κ3) is 4.06. The van der Waals surface area contributed by atoms with E-state index in [9.17, 15) is 0 Å². The van der Waals surface area contributed by atoms with Crippen molar-refractivity contribution in [3.8, 4) is 5.69 Å². The summed E-state index contributed by atoms with van der Waals surface area (Å²) in [4.78, 5) is 2.47. The number of piperidine rings is 1. The molecule has 0 aliphatic carbocycles. The highest BCUT2D eigenvalue weighted by molar-refractivity contribution is 5.85. The van der Waals surface area contributed by atoms with Crippen LogP contribution < -0.4 is 5.73 Å². The summed E-state index contributed by atoms with van der Waals surface area (Å²) in [5.74, 6) is 0.653. The minimum Gasteiger partial charge on any atom is -0.330 e. The van der Waals surface area contributed by atoms with Crippen molar-refractivity contribution < 1.29 is 0 Å². The Hall–Kier alpha value is -1.36. The first-order valence-electron chi connectivity index (χ1n) is 7.37. The SMILES string of the molecule is Cl.NCC1CCCN(Cc2ccn(-c3ccccc3)n2)C1. The van der Waals surface area contributed by atoms with Crippen LogP contribution in [0.4, 0.5) is 0 Å². The molecule has 1 saturated heterocycles. The van der Waals surface area contributed by atoms with Gasteiger partial charge in [-0.1, -0.05) is 18.2 Å². The van der Waals surface area contributed by atoms with E-state index in [1.165, 1.54) is 12.8 Å². The second-order valence-corrected chi connectivity index (χ2v) is 5.57. The van der Waals surface area contributed by atoms with Gasteiger partial charge in [0.25, 0.3) is 0 Å². The van der Waals surface area contributed by atoms with Crippen LogP contribution in [0.2, 0.25) is 0 Å². The summed E-state index contributed by atoms with van der Waals surface area (Å²) in [5.41, 5.74) is 8.03. The molecule has 0 bridgehead atoms. The molecule has 0 radical (unpaired) electrons. The molecule has 1 atom stereocenters. The molecule has 114 valence electrons. The fourth-order valence-corrected chi connectivity index (χ4v) is 2.89.